The van der Waals surface area contributed by atoms with Gasteiger partial charge in [-0.3, -0.25) is 14.9 Å². The van der Waals surface area contributed by atoms with Crippen LogP contribution in [-0.2, 0) is 13.0 Å². The molecule has 0 radical (unpaired) electrons. The number of nitrogens with zero attached hydrogens (tertiary/aromatic N) is 2. The Morgan fingerprint density at radius 2 is 1.97 bits per heavy atom. The van der Waals surface area contributed by atoms with Gasteiger partial charge < -0.3 is 9.47 Å². The third-order valence-electron chi connectivity index (χ3n) is 5.35. The van der Waals surface area contributed by atoms with E-state index < -0.39 is 10.8 Å². The fourth-order valence-electron chi connectivity index (χ4n) is 3.59. The fourth-order valence-corrected chi connectivity index (χ4v) is 4.79. The molecule has 0 spiro atoms. The summed E-state index contributed by atoms with van der Waals surface area (Å²) in [5.41, 5.74) is 5.07. The van der Waals surface area contributed by atoms with E-state index in [0.29, 0.717) is 40.4 Å². The molecule has 0 unspecified atom stereocenters. The van der Waals surface area contributed by atoms with Crippen LogP contribution in [0.25, 0.3) is 10.1 Å². The molecular weight excluding hydrogens is 558 g/mol. The minimum atomic E-state index is -0.465. The van der Waals surface area contributed by atoms with Crippen LogP contribution in [0.15, 0.2) is 82.9 Å². The summed E-state index contributed by atoms with van der Waals surface area (Å²) < 4.78 is 13.4. The van der Waals surface area contributed by atoms with E-state index in [1.807, 2.05) is 30.3 Å². The highest BCUT2D eigenvalue weighted by Gasteiger charge is 2.14. The summed E-state index contributed by atoms with van der Waals surface area (Å²) in [7, 11) is 1.56. The van der Waals surface area contributed by atoms with Gasteiger partial charge in [0.1, 0.15) is 6.61 Å². The summed E-state index contributed by atoms with van der Waals surface area (Å²) in [6.45, 7) is 4.20. The molecule has 1 N–H and O–H groups in total. The number of fused-ring (bicyclic) bond motifs is 1. The maximum Gasteiger partial charge on any atom is 0.281 e. The Bertz CT molecular complexity index is 1500. The van der Waals surface area contributed by atoms with Crippen LogP contribution >= 0.6 is 27.3 Å². The van der Waals surface area contributed by atoms with Gasteiger partial charge in [0, 0.05) is 32.3 Å². The summed E-state index contributed by atoms with van der Waals surface area (Å²) in [6.07, 6.45) is 3.84. The van der Waals surface area contributed by atoms with Gasteiger partial charge >= 0.3 is 0 Å². The smallest absolute Gasteiger partial charge is 0.281 e. The number of rotatable bonds is 10. The summed E-state index contributed by atoms with van der Waals surface area (Å²) in [6, 6.07) is 17.6. The zero-order chi connectivity index (χ0) is 26.4. The number of thiophene rings is 1. The number of nitrogens with one attached hydrogen (secondary N) is 1. The molecular formula is C27H22BrN3O5S. The highest BCUT2D eigenvalue weighted by atomic mass is 79.9. The van der Waals surface area contributed by atoms with E-state index in [2.05, 4.69) is 33.0 Å². The first-order valence-corrected chi connectivity index (χ1v) is 12.7. The quantitative estimate of drug-likeness (QED) is 0.0979. The largest absolute Gasteiger partial charge is 0.493 e. The number of hydrogen-bond acceptors (Lipinski definition) is 7. The van der Waals surface area contributed by atoms with Crippen LogP contribution < -0.4 is 14.9 Å². The van der Waals surface area contributed by atoms with Crippen LogP contribution in [0.1, 0.15) is 26.4 Å². The van der Waals surface area contributed by atoms with Gasteiger partial charge in [0.15, 0.2) is 11.5 Å². The molecule has 0 aliphatic heterocycles. The van der Waals surface area contributed by atoms with Crippen molar-refractivity contribution < 1.29 is 19.2 Å². The number of ether oxygens (including phenoxy) is 2. The summed E-state index contributed by atoms with van der Waals surface area (Å²) >= 11 is 4.66. The Balaban J connectivity index is 1.49. The number of hydrogen-bond donors (Lipinski definition) is 1. The van der Waals surface area contributed by atoms with E-state index in [1.165, 1.54) is 29.7 Å². The summed E-state index contributed by atoms with van der Waals surface area (Å²) in [5.74, 6) is 0.744. The molecule has 4 rings (SSSR count). The average Bonchev–Trinajstić information content (AvgIpc) is 3.32. The first-order valence-electron chi connectivity index (χ1n) is 11.1. The minimum Gasteiger partial charge on any atom is -0.493 e. The summed E-state index contributed by atoms with van der Waals surface area (Å²) in [4.78, 5) is 23.5. The topological polar surface area (TPSA) is 103 Å². The number of benzene rings is 3. The maximum absolute atomic E-state index is 12.6. The molecule has 0 fully saturated rings. The molecule has 188 valence electrons. The van der Waals surface area contributed by atoms with Gasteiger partial charge in [-0.2, -0.15) is 5.10 Å². The van der Waals surface area contributed by atoms with E-state index in [9.17, 15) is 14.9 Å². The Morgan fingerprint density at radius 1 is 1.19 bits per heavy atom. The van der Waals surface area contributed by atoms with Crippen molar-refractivity contribution >= 4 is 55.2 Å². The van der Waals surface area contributed by atoms with Gasteiger partial charge in [0.2, 0.25) is 0 Å². The van der Waals surface area contributed by atoms with E-state index >= 15 is 0 Å². The molecule has 0 aliphatic carbocycles. The van der Waals surface area contributed by atoms with Crippen LogP contribution in [0.3, 0.4) is 0 Å². The average molecular weight is 580 g/mol. The monoisotopic (exact) mass is 579 g/mol. The first-order chi connectivity index (χ1) is 17.9. The lowest BCUT2D eigenvalue weighted by Gasteiger charge is -2.16. The molecule has 0 saturated carbocycles. The van der Waals surface area contributed by atoms with Gasteiger partial charge in [-0.25, -0.2) is 5.43 Å². The van der Waals surface area contributed by atoms with E-state index in [-0.39, 0.29) is 5.69 Å². The Hall–Kier alpha value is -4.02. The zero-order valence-corrected chi connectivity index (χ0v) is 22.2. The molecule has 0 saturated heterocycles. The Kier molecular flexibility index (Phi) is 8.32. The second kappa shape index (κ2) is 11.8. The molecule has 10 heteroatoms. The number of carbonyl (C=O) groups is 1. The second-order valence-electron chi connectivity index (χ2n) is 7.91. The molecule has 4 aromatic rings. The number of allylic oxidation sites excluding steroid dienone is 1. The number of amides is 1. The van der Waals surface area contributed by atoms with Crippen molar-refractivity contribution in [3.8, 4) is 11.5 Å². The second-order valence-corrected chi connectivity index (χ2v) is 9.91. The highest BCUT2D eigenvalue weighted by Crippen LogP contribution is 2.34. The lowest BCUT2D eigenvalue weighted by Crippen LogP contribution is -2.16. The molecule has 1 aromatic heterocycles. The number of methoxy groups -OCH3 is 1. The van der Waals surface area contributed by atoms with Crippen molar-refractivity contribution in [2.45, 2.75) is 13.0 Å². The third-order valence-corrected chi connectivity index (χ3v) is 6.99. The van der Waals surface area contributed by atoms with Crippen LogP contribution in [0, 0.1) is 10.1 Å². The lowest BCUT2D eigenvalue weighted by atomic mass is 10.1. The SMILES string of the molecule is C=CCc1cc(/C=N\NC(=O)c2cc3cc([N+](=O)[O-])ccc3s2)cc(OC)c1OCc1ccc(Br)cc1. The minimum absolute atomic E-state index is 0.0242. The van der Waals surface area contributed by atoms with Crippen LogP contribution in [0.4, 0.5) is 5.69 Å². The lowest BCUT2D eigenvalue weighted by molar-refractivity contribution is -0.384. The number of non-ortho nitro benzene ring substituents is 1. The van der Waals surface area contributed by atoms with Crippen molar-refractivity contribution in [3.05, 3.63) is 109 Å². The van der Waals surface area contributed by atoms with Gasteiger partial charge in [-0.15, -0.1) is 17.9 Å². The van der Waals surface area contributed by atoms with Crippen molar-refractivity contribution in [2.24, 2.45) is 5.10 Å². The molecule has 3 aromatic carbocycles. The van der Waals surface area contributed by atoms with Gasteiger partial charge in [0.25, 0.3) is 11.6 Å². The zero-order valence-electron chi connectivity index (χ0n) is 19.8. The highest BCUT2D eigenvalue weighted by molar-refractivity contribution is 9.10. The first kappa shape index (κ1) is 26.1. The molecule has 0 bridgehead atoms. The number of hydrazone groups is 1. The normalized spacial score (nSPS) is 11.0. The van der Waals surface area contributed by atoms with Crippen molar-refractivity contribution in [3.63, 3.8) is 0 Å². The Labute approximate surface area is 225 Å². The number of carbonyl (C=O) groups excluding carboxylic acids is 1. The molecule has 1 heterocycles. The van der Waals surface area contributed by atoms with Crippen LogP contribution in [0.5, 0.6) is 11.5 Å². The van der Waals surface area contributed by atoms with Crippen molar-refractivity contribution in [1.82, 2.24) is 5.43 Å². The molecule has 8 nitrogen and oxygen atoms in total. The third kappa shape index (κ3) is 6.41. The van der Waals surface area contributed by atoms with E-state index in [4.69, 9.17) is 9.47 Å². The van der Waals surface area contributed by atoms with Crippen molar-refractivity contribution in [1.29, 1.82) is 0 Å². The fraction of sp³-hybridized carbons (Fsp3) is 0.111. The van der Waals surface area contributed by atoms with E-state index in [0.717, 1.165) is 20.3 Å². The van der Waals surface area contributed by atoms with Gasteiger partial charge in [-0.05, 0) is 53.9 Å². The van der Waals surface area contributed by atoms with Crippen LogP contribution in [0.2, 0.25) is 0 Å². The van der Waals surface area contributed by atoms with E-state index in [1.54, 1.807) is 31.4 Å². The molecule has 0 aliphatic rings. The van der Waals surface area contributed by atoms with Gasteiger partial charge in [-0.1, -0.05) is 34.1 Å². The van der Waals surface area contributed by atoms with Gasteiger partial charge in [0.05, 0.1) is 23.1 Å². The standard InChI is InChI=1S/C27H22BrN3O5S/c1-3-4-19-11-18(12-23(35-2)26(19)36-16-17-5-7-21(28)8-6-17)15-29-30-27(32)25-14-20-13-22(31(33)34)9-10-24(20)37-25/h3,5-15H,1,4,16H2,2H3,(H,30,32)/b29-15-. The predicted molar refractivity (Wildman–Crippen MR) is 149 cm³/mol. The predicted octanol–water partition coefficient (Wildman–Crippen LogP) is 6.65. The number of nitro benzene ring substituents is 1. The van der Waals surface area contributed by atoms with Crippen LogP contribution in [-0.4, -0.2) is 24.2 Å². The van der Waals surface area contributed by atoms with Crippen molar-refractivity contribution in [2.75, 3.05) is 7.11 Å². The Morgan fingerprint density at radius 3 is 2.68 bits per heavy atom. The summed E-state index contributed by atoms with van der Waals surface area (Å²) in [5, 5.41) is 15.7. The molecule has 0 atom stereocenters. The number of nitro groups is 1. The molecule has 1 amide bonds. The maximum atomic E-state index is 12.6. The molecule has 37 heavy (non-hydrogen) atoms. The number of halogens is 1.